The minimum absolute atomic E-state index is 0.854. The Bertz CT molecular complexity index is 1290. The number of aromatic nitrogens is 3. The topological polar surface area (TPSA) is 30.7 Å². The number of pyridine rings is 1. The summed E-state index contributed by atoms with van der Waals surface area (Å²) in [4.78, 5) is 4.72. The smallest absolute Gasteiger partial charge is 0.164 e. The van der Waals surface area contributed by atoms with Crippen molar-refractivity contribution in [1.29, 1.82) is 0 Å². The lowest BCUT2D eigenvalue weighted by molar-refractivity contribution is 0.901. The summed E-state index contributed by atoms with van der Waals surface area (Å²) in [6.45, 7) is 2.10. The van der Waals surface area contributed by atoms with Crippen LogP contribution in [0.4, 0.5) is 0 Å². The molecule has 0 unspecified atom stereocenters. The third-order valence-electron chi connectivity index (χ3n) is 5.05. The molecule has 29 heavy (non-hydrogen) atoms. The maximum Gasteiger partial charge on any atom is 0.164 e. The van der Waals surface area contributed by atoms with Gasteiger partial charge in [0.15, 0.2) is 5.65 Å². The third kappa shape index (κ3) is 3.26. The molecule has 0 atom stereocenters. The van der Waals surface area contributed by atoms with Gasteiger partial charge in [-0.05, 0) is 48.4 Å². The Morgan fingerprint density at radius 2 is 1.45 bits per heavy atom. The molecule has 0 saturated carbocycles. The summed E-state index contributed by atoms with van der Waals surface area (Å²) in [6, 6.07) is 29.1. The lowest BCUT2D eigenvalue weighted by atomic mass is 9.99. The van der Waals surface area contributed by atoms with Gasteiger partial charge in [-0.3, -0.25) is 0 Å². The predicted molar refractivity (Wildman–Crippen MR) is 122 cm³/mol. The first-order valence-electron chi connectivity index (χ1n) is 9.47. The van der Waals surface area contributed by atoms with Gasteiger partial charge < -0.3 is 0 Å². The van der Waals surface area contributed by atoms with Crippen molar-refractivity contribution in [2.45, 2.75) is 6.92 Å². The molecule has 0 spiro atoms. The maximum atomic E-state index is 5.01. The third-order valence-corrected chi connectivity index (χ3v) is 5.58. The Kier molecular flexibility index (Phi) is 4.49. The van der Waals surface area contributed by atoms with Crippen LogP contribution < -0.4 is 0 Å². The van der Waals surface area contributed by atoms with Gasteiger partial charge in [-0.1, -0.05) is 76.1 Å². The van der Waals surface area contributed by atoms with Crippen LogP contribution in [0.15, 0.2) is 95.6 Å². The Balaban J connectivity index is 1.84. The molecular weight excluding hydrogens is 422 g/mol. The first kappa shape index (κ1) is 17.8. The number of hydrogen-bond donors (Lipinski definition) is 0. The zero-order valence-electron chi connectivity index (χ0n) is 15.9. The van der Waals surface area contributed by atoms with Crippen molar-refractivity contribution in [3.05, 3.63) is 101 Å². The van der Waals surface area contributed by atoms with Crippen LogP contribution in [-0.2, 0) is 0 Å². The molecule has 2 aromatic heterocycles. The van der Waals surface area contributed by atoms with E-state index in [1.807, 2.05) is 29.1 Å². The summed E-state index contributed by atoms with van der Waals surface area (Å²) in [5, 5.41) is 6.07. The van der Waals surface area contributed by atoms with Gasteiger partial charge in [0.05, 0.1) is 11.1 Å². The molecule has 0 aliphatic heterocycles. The highest BCUT2D eigenvalue weighted by Gasteiger charge is 2.18. The van der Waals surface area contributed by atoms with Gasteiger partial charge in [0.1, 0.15) is 5.69 Å². The van der Waals surface area contributed by atoms with Gasteiger partial charge >= 0.3 is 0 Å². The van der Waals surface area contributed by atoms with E-state index in [4.69, 9.17) is 10.1 Å². The molecule has 0 aliphatic carbocycles. The zero-order valence-corrected chi connectivity index (χ0v) is 17.5. The fourth-order valence-corrected chi connectivity index (χ4v) is 3.84. The second kappa shape index (κ2) is 7.30. The second-order valence-corrected chi connectivity index (χ2v) is 7.94. The molecule has 0 bridgehead atoms. The van der Waals surface area contributed by atoms with Gasteiger partial charge in [-0.25, -0.2) is 9.67 Å². The first-order valence-corrected chi connectivity index (χ1v) is 10.3. The van der Waals surface area contributed by atoms with E-state index in [-0.39, 0.29) is 0 Å². The van der Waals surface area contributed by atoms with Gasteiger partial charge in [-0.2, -0.15) is 5.10 Å². The van der Waals surface area contributed by atoms with Crippen molar-refractivity contribution >= 4 is 27.0 Å². The minimum Gasteiger partial charge on any atom is -0.236 e. The summed E-state index contributed by atoms with van der Waals surface area (Å²) >= 11 is 3.53. The van der Waals surface area contributed by atoms with E-state index in [2.05, 4.69) is 89.6 Å². The number of benzene rings is 3. The van der Waals surface area contributed by atoms with E-state index in [1.165, 1.54) is 5.56 Å². The van der Waals surface area contributed by atoms with Crippen LogP contribution in [0.25, 0.3) is 39.1 Å². The maximum absolute atomic E-state index is 5.01. The van der Waals surface area contributed by atoms with Crippen LogP contribution in [0.1, 0.15) is 5.56 Å². The first-order chi connectivity index (χ1) is 14.2. The van der Waals surface area contributed by atoms with E-state index >= 15 is 0 Å². The van der Waals surface area contributed by atoms with E-state index in [0.29, 0.717) is 0 Å². The van der Waals surface area contributed by atoms with Crippen molar-refractivity contribution in [2.75, 3.05) is 0 Å². The predicted octanol–water partition coefficient (Wildman–Crippen LogP) is 6.83. The highest BCUT2D eigenvalue weighted by atomic mass is 79.9. The number of rotatable bonds is 3. The molecular formula is C25H18BrN3. The number of aryl methyl sites for hydroxylation is 1. The molecule has 0 fully saturated rings. The fraction of sp³-hybridized carbons (Fsp3) is 0.0400. The Morgan fingerprint density at radius 3 is 2.17 bits per heavy atom. The lowest BCUT2D eigenvalue weighted by Gasteiger charge is -2.06. The molecule has 0 amide bonds. The number of fused-ring (bicyclic) bond motifs is 1. The van der Waals surface area contributed by atoms with Crippen LogP contribution in [-0.4, -0.2) is 14.8 Å². The molecule has 5 aromatic rings. The van der Waals surface area contributed by atoms with E-state index in [0.717, 1.165) is 43.6 Å². The number of para-hydroxylation sites is 1. The summed E-state index contributed by atoms with van der Waals surface area (Å²) in [5.74, 6) is 0. The normalized spacial score (nSPS) is 11.1. The van der Waals surface area contributed by atoms with Crippen LogP contribution in [0.3, 0.4) is 0 Å². The molecule has 3 aromatic carbocycles. The van der Waals surface area contributed by atoms with Gasteiger partial charge in [0.25, 0.3) is 0 Å². The Hall–Kier alpha value is -3.24. The molecule has 140 valence electrons. The van der Waals surface area contributed by atoms with E-state index in [1.54, 1.807) is 0 Å². The van der Waals surface area contributed by atoms with Crippen LogP contribution in [0.2, 0.25) is 0 Å². The summed E-state index contributed by atoms with van der Waals surface area (Å²) in [6.07, 6.45) is 1.86. The van der Waals surface area contributed by atoms with Gasteiger partial charge in [0, 0.05) is 16.2 Å². The van der Waals surface area contributed by atoms with Crippen molar-refractivity contribution in [3.8, 4) is 28.1 Å². The van der Waals surface area contributed by atoms with Crippen LogP contribution in [0, 0.1) is 6.92 Å². The standard InChI is InChI=1S/C25H18BrN3/c1-17-7-9-19(10-8-17)24-23-22(18-11-13-20(26)14-12-18)15-16-27-25(23)29(28-24)21-5-3-2-4-6-21/h2-16H,1H3. The minimum atomic E-state index is 0.854. The monoisotopic (exact) mass is 439 g/mol. The molecule has 0 radical (unpaired) electrons. The average molecular weight is 440 g/mol. The Labute approximate surface area is 177 Å². The van der Waals surface area contributed by atoms with Gasteiger partial charge in [0.2, 0.25) is 0 Å². The second-order valence-electron chi connectivity index (χ2n) is 7.03. The average Bonchev–Trinajstić information content (AvgIpc) is 3.15. The van der Waals surface area contributed by atoms with Crippen LogP contribution >= 0.6 is 15.9 Å². The van der Waals surface area contributed by atoms with Crippen molar-refractivity contribution in [3.63, 3.8) is 0 Å². The number of hydrogen-bond acceptors (Lipinski definition) is 2. The summed E-state index contributed by atoms with van der Waals surface area (Å²) < 4.78 is 3.00. The summed E-state index contributed by atoms with van der Waals surface area (Å²) in [5.41, 5.74) is 7.37. The van der Waals surface area contributed by atoms with E-state index < -0.39 is 0 Å². The molecule has 5 rings (SSSR count). The largest absolute Gasteiger partial charge is 0.236 e. The van der Waals surface area contributed by atoms with Gasteiger partial charge in [-0.15, -0.1) is 0 Å². The molecule has 0 saturated heterocycles. The van der Waals surface area contributed by atoms with Crippen molar-refractivity contribution in [1.82, 2.24) is 14.8 Å². The highest BCUT2D eigenvalue weighted by Crippen LogP contribution is 2.36. The fourth-order valence-electron chi connectivity index (χ4n) is 3.57. The SMILES string of the molecule is Cc1ccc(-c2nn(-c3ccccc3)c3nccc(-c4ccc(Br)cc4)c23)cc1. The highest BCUT2D eigenvalue weighted by molar-refractivity contribution is 9.10. The van der Waals surface area contributed by atoms with Crippen molar-refractivity contribution in [2.24, 2.45) is 0 Å². The molecule has 4 heteroatoms. The Morgan fingerprint density at radius 1 is 0.759 bits per heavy atom. The zero-order chi connectivity index (χ0) is 19.8. The molecule has 3 nitrogen and oxygen atoms in total. The lowest BCUT2D eigenvalue weighted by Crippen LogP contribution is -1.97. The van der Waals surface area contributed by atoms with Crippen LogP contribution in [0.5, 0.6) is 0 Å². The van der Waals surface area contributed by atoms with Crippen molar-refractivity contribution < 1.29 is 0 Å². The molecule has 0 aliphatic rings. The van der Waals surface area contributed by atoms with E-state index in [9.17, 15) is 0 Å². The quantitative estimate of drug-likeness (QED) is 0.308. The number of nitrogens with zero attached hydrogens (tertiary/aromatic N) is 3. The molecule has 2 heterocycles. The summed E-state index contributed by atoms with van der Waals surface area (Å²) in [7, 11) is 0. The number of halogens is 1. The molecule has 0 N–H and O–H groups in total.